The summed E-state index contributed by atoms with van der Waals surface area (Å²) in [7, 11) is 0. The lowest BCUT2D eigenvalue weighted by Gasteiger charge is -2.26. The molecule has 1 unspecified atom stereocenters. The molecule has 1 aromatic heterocycles. The van der Waals surface area contributed by atoms with E-state index in [0.29, 0.717) is 17.6 Å². The van der Waals surface area contributed by atoms with E-state index in [1.165, 1.54) is 17.3 Å². The Morgan fingerprint density at radius 2 is 2.26 bits per heavy atom. The molecule has 0 radical (unpaired) electrons. The maximum Gasteiger partial charge on any atom is 0.267 e. The van der Waals surface area contributed by atoms with Crippen molar-refractivity contribution in [3.63, 3.8) is 0 Å². The van der Waals surface area contributed by atoms with E-state index in [4.69, 9.17) is 4.74 Å². The molecule has 0 N–H and O–H groups in total. The van der Waals surface area contributed by atoms with Gasteiger partial charge in [0.1, 0.15) is 10.6 Å². The Labute approximate surface area is 119 Å². The van der Waals surface area contributed by atoms with Crippen LogP contribution in [0.5, 0.6) is 0 Å². The number of fused-ring (bicyclic) bond motifs is 1. The minimum absolute atomic E-state index is 0.0818. The van der Waals surface area contributed by atoms with Crippen LogP contribution in [0.3, 0.4) is 0 Å². The quantitative estimate of drug-likeness (QED) is 0.853. The van der Waals surface area contributed by atoms with E-state index >= 15 is 0 Å². The zero-order valence-electron chi connectivity index (χ0n) is 10.3. The van der Waals surface area contributed by atoms with Gasteiger partial charge in [0.05, 0.1) is 19.5 Å². The van der Waals surface area contributed by atoms with Gasteiger partial charge in [-0.1, -0.05) is 24.3 Å². The van der Waals surface area contributed by atoms with Crippen LogP contribution in [0.25, 0.3) is 0 Å². The summed E-state index contributed by atoms with van der Waals surface area (Å²) in [6.07, 6.45) is 3.90. The highest BCUT2D eigenvalue weighted by Gasteiger charge is 2.21. The number of rotatable bonds is 2. The number of halogens is 1. The van der Waals surface area contributed by atoms with Crippen LogP contribution in [0.2, 0.25) is 0 Å². The molecule has 0 spiro atoms. The van der Waals surface area contributed by atoms with E-state index in [0.717, 1.165) is 6.42 Å². The number of benzene rings is 1. The number of hydrogen-bond donors (Lipinski definition) is 0. The van der Waals surface area contributed by atoms with Crippen molar-refractivity contribution in [3.8, 4) is 0 Å². The van der Waals surface area contributed by atoms with Crippen LogP contribution >= 0.6 is 15.9 Å². The van der Waals surface area contributed by atoms with Crippen molar-refractivity contribution >= 4 is 15.9 Å². The summed E-state index contributed by atoms with van der Waals surface area (Å²) < 4.78 is 7.85. The molecule has 1 atom stereocenters. The second kappa shape index (κ2) is 5.27. The number of hydrogen-bond acceptors (Lipinski definition) is 3. The summed E-state index contributed by atoms with van der Waals surface area (Å²) in [6, 6.07) is 8.22. The first-order chi connectivity index (χ1) is 9.25. The minimum Gasteiger partial charge on any atom is -0.371 e. The highest BCUT2D eigenvalue weighted by Crippen LogP contribution is 2.27. The van der Waals surface area contributed by atoms with Gasteiger partial charge < -0.3 is 4.74 Å². The van der Waals surface area contributed by atoms with Gasteiger partial charge in [-0.15, -0.1) is 0 Å². The molecule has 4 nitrogen and oxygen atoms in total. The van der Waals surface area contributed by atoms with Gasteiger partial charge in [-0.2, -0.15) is 0 Å². The lowest BCUT2D eigenvalue weighted by atomic mass is 9.97. The predicted octanol–water partition coefficient (Wildman–Crippen LogP) is 2.32. The monoisotopic (exact) mass is 320 g/mol. The molecule has 2 aromatic rings. The second-order valence-corrected chi connectivity index (χ2v) is 5.36. The maximum absolute atomic E-state index is 12.0. The first-order valence-electron chi connectivity index (χ1n) is 6.15. The van der Waals surface area contributed by atoms with Gasteiger partial charge in [0.2, 0.25) is 0 Å². The van der Waals surface area contributed by atoms with Gasteiger partial charge in [-0.3, -0.25) is 9.36 Å². The van der Waals surface area contributed by atoms with Crippen LogP contribution in [0, 0.1) is 0 Å². The van der Waals surface area contributed by atoms with Crippen molar-refractivity contribution in [3.05, 3.63) is 62.7 Å². The topological polar surface area (TPSA) is 44.1 Å². The standard InChI is InChI=1S/C14H13BrN2O2/c15-12-7-16-9-17(14(12)18)8-13-11-4-2-1-3-10(11)5-6-19-13/h1-4,7,9,13H,5-6,8H2. The summed E-state index contributed by atoms with van der Waals surface area (Å²) in [5.41, 5.74) is 2.39. The fraction of sp³-hybridized carbons (Fsp3) is 0.286. The normalized spacial score (nSPS) is 18.1. The molecule has 0 amide bonds. The van der Waals surface area contributed by atoms with Crippen molar-refractivity contribution < 1.29 is 4.74 Å². The lowest BCUT2D eigenvalue weighted by Crippen LogP contribution is -2.27. The predicted molar refractivity (Wildman–Crippen MR) is 75.0 cm³/mol. The Balaban J connectivity index is 1.93. The summed E-state index contributed by atoms with van der Waals surface area (Å²) in [6.45, 7) is 1.18. The highest BCUT2D eigenvalue weighted by molar-refractivity contribution is 9.10. The van der Waals surface area contributed by atoms with E-state index < -0.39 is 0 Å². The summed E-state index contributed by atoms with van der Waals surface area (Å²) in [5.74, 6) is 0. The van der Waals surface area contributed by atoms with Crippen LogP contribution in [0.15, 0.2) is 46.1 Å². The number of aromatic nitrogens is 2. The molecule has 19 heavy (non-hydrogen) atoms. The van der Waals surface area contributed by atoms with Crippen molar-refractivity contribution in [2.24, 2.45) is 0 Å². The molecule has 98 valence electrons. The van der Waals surface area contributed by atoms with Gasteiger partial charge >= 0.3 is 0 Å². The van der Waals surface area contributed by atoms with Crippen molar-refractivity contribution in [1.82, 2.24) is 9.55 Å². The van der Waals surface area contributed by atoms with Gasteiger partial charge in [0, 0.05) is 6.20 Å². The largest absolute Gasteiger partial charge is 0.371 e. The molecular weight excluding hydrogens is 308 g/mol. The van der Waals surface area contributed by atoms with E-state index in [9.17, 15) is 4.79 Å². The molecular formula is C14H13BrN2O2. The lowest BCUT2D eigenvalue weighted by molar-refractivity contribution is 0.0297. The van der Waals surface area contributed by atoms with Crippen LogP contribution in [-0.4, -0.2) is 16.2 Å². The first-order valence-corrected chi connectivity index (χ1v) is 6.94. The number of ether oxygens (including phenoxy) is 1. The smallest absolute Gasteiger partial charge is 0.267 e. The molecule has 0 saturated heterocycles. The molecule has 0 saturated carbocycles. The molecule has 5 heteroatoms. The molecule has 0 fully saturated rings. The van der Waals surface area contributed by atoms with Crippen molar-refractivity contribution in [2.45, 2.75) is 19.1 Å². The highest BCUT2D eigenvalue weighted by atomic mass is 79.9. The minimum atomic E-state index is -0.0845. The SMILES string of the molecule is O=c1c(Br)cncn1CC1OCCc2ccccc21. The Morgan fingerprint density at radius 1 is 1.42 bits per heavy atom. The first kappa shape index (κ1) is 12.6. The zero-order chi connectivity index (χ0) is 13.2. The fourth-order valence-electron chi connectivity index (χ4n) is 2.36. The van der Waals surface area contributed by atoms with Gasteiger partial charge in [0.15, 0.2) is 0 Å². The summed E-state index contributed by atoms with van der Waals surface area (Å²) >= 11 is 3.21. The van der Waals surface area contributed by atoms with Crippen molar-refractivity contribution in [2.75, 3.05) is 6.61 Å². The van der Waals surface area contributed by atoms with E-state index in [-0.39, 0.29) is 11.7 Å². The third-order valence-electron chi connectivity index (χ3n) is 3.31. The van der Waals surface area contributed by atoms with E-state index in [2.05, 4.69) is 33.0 Å². The molecule has 0 bridgehead atoms. The van der Waals surface area contributed by atoms with E-state index in [1.807, 2.05) is 12.1 Å². The molecule has 2 heterocycles. The molecule has 1 aliphatic rings. The van der Waals surface area contributed by atoms with E-state index in [1.54, 1.807) is 10.9 Å². The molecule has 0 aliphatic carbocycles. The average molecular weight is 321 g/mol. The second-order valence-electron chi connectivity index (χ2n) is 4.51. The summed E-state index contributed by atoms with van der Waals surface area (Å²) in [4.78, 5) is 16.0. The van der Waals surface area contributed by atoms with Crippen LogP contribution in [0.1, 0.15) is 17.2 Å². The van der Waals surface area contributed by atoms with Gasteiger partial charge in [0.25, 0.3) is 5.56 Å². The molecule has 1 aromatic carbocycles. The van der Waals surface area contributed by atoms with Crippen LogP contribution in [-0.2, 0) is 17.7 Å². The van der Waals surface area contributed by atoms with Crippen molar-refractivity contribution in [1.29, 1.82) is 0 Å². The maximum atomic E-state index is 12.0. The van der Waals surface area contributed by atoms with Crippen LogP contribution in [0.4, 0.5) is 0 Å². The number of nitrogens with zero attached hydrogens (tertiary/aromatic N) is 2. The Morgan fingerprint density at radius 3 is 3.16 bits per heavy atom. The Hall–Kier alpha value is -1.46. The Kier molecular flexibility index (Phi) is 3.48. The Bertz CT molecular complexity index is 654. The average Bonchev–Trinajstić information content (AvgIpc) is 2.44. The fourth-order valence-corrected chi connectivity index (χ4v) is 2.71. The zero-order valence-corrected chi connectivity index (χ0v) is 11.8. The third kappa shape index (κ3) is 2.48. The van der Waals surface area contributed by atoms with Crippen LogP contribution < -0.4 is 5.56 Å². The molecule has 1 aliphatic heterocycles. The van der Waals surface area contributed by atoms with Gasteiger partial charge in [-0.25, -0.2) is 4.98 Å². The van der Waals surface area contributed by atoms with Gasteiger partial charge in [-0.05, 0) is 33.5 Å². The summed E-state index contributed by atoms with van der Waals surface area (Å²) in [5, 5.41) is 0. The molecule has 3 rings (SSSR count). The third-order valence-corrected chi connectivity index (χ3v) is 3.86.